The number of hydrogen-bond acceptors (Lipinski definition) is 3. The Hall–Kier alpha value is -1.19. The third-order valence-electron chi connectivity index (χ3n) is 3.33. The van der Waals surface area contributed by atoms with Crippen molar-refractivity contribution in [2.75, 3.05) is 0 Å². The lowest BCUT2D eigenvalue weighted by atomic mass is 9.99. The van der Waals surface area contributed by atoms with Gasteiger partial charge in [0, 0.05) is 23.5 Å². The molecule has 0 unspecified atom stereocenters. The second kappa shape index (κ2) is 5.85. The summed E-state index contributed by atoms with van der Waals surface area (Å²) in [5.41, 5.74) is 6.34. The van der Waals surface area contributed by atoms with E-state index < -0.39 is 0 Å². The quantitative estimate of drug-likeness (QED) is 0.902. The van der Waals surface area contributed by atoms with Crippen molar-refractivity contribution in [3.63, 3.8) is 0 Å². The monoisotopic (exact) mass is 274 g/mol. The van der Waals surface area contributed by atoms with E-state index in [1.54, 1.807) is 11.3 Å². The minimum absolute atomic E-state index is 0.496. The molecule has 2 aromatic rings. The summed E-state index contributed by atoms with van der Waals surface area (Å²) in [5, 5.41) is 6.72. The van der Waals surface area contributed by atoms with Gasteiger partial charge in [-0.25, -0.2) is 4.98 Å². The minimum Gasteiger partial charge on any atom is -0.308 e. The first-order valence-electron chi connectivity index (χ1n) is 6.73. The zero-order chi connectivity index (χ0) is 14.0. The molecule has 0 aliphatic rings. The van der Waals surface area contributed by atoms with Gasteiger partial charge in [-0.2, -0.15) is 0 Å². The zero-order valence-electron chi connectivity index (χ0n) is 12.4. The molecule has 0 atom stereocenters. The Morgan fingerprint density at radius 3 is 2.47 bits per heavy atom. The predicted octanol–water partition coefficient (Wildman–Crippen LogP) is 4.23. The zero-order valence-corrected chi connectivity index (χ0v) is 13.2. The highest BCUT2D eigenvalue weighted by Crippen LogP contribution is 2.27. The van der Waals surface area contributed by atoms with E-state index in [1.807, 2.05) is 0 Å². The molecule has 3 heteroatoms. The Bertz CT molecular complexity index is 570. The third kappa shape index (κ3) is 3.43. The Morgan fingerprint density at radius 1 is 1.11 bits per heavy atom. The number of aryl methyl sites for hydroxylation is 3. The van der Waals surface area contributed by atoms with Crippen molar-refractivity contribution in [2.24, 2.45) is 0 Å². The Kier molecular flexibility index (Phi) is 4.38. The van der Waals surface area contributed by atoms with Gasteiger partial charge in [-0.15, -0.1) is 11.3 Å². The van der Waals surface area contributed by atoms with E-state index in [-0.39, 0.29) is 0 Å². The molecule has 1 aromatic heterocycles. The van der Waals surface area contributed by atoms with E-state index in [1.165, 1.54) is 22.3 Å². The molecule has 0 fully saturated rings. The van der Waals surface area contributed by atoms with E-state index in [4.69, 9.17) is 4.98 Å². The first-order chi connectivity index (χ1) is 8.97. The Balaban J connectivity index is 2.25. The van der Waals surface area contributed by atoms with E-state index in [0.717, 1.165) is 17.2 Å². The van der Waals surface area contributed by atoms with Crippen LogP contribution in [0.1, 0.15) is 35.5 Å². The molecule has 1 aromatic carbocycles. The summed E-state index contributed by atoms with van der Waals surface area (Å²) in [6.45, 7) is 11.6. The molecule has 102 valence electrons. The predicted molar refractivity (Wildman–Crippen MR) is 83.7 cm³/mol. The molecule has 0 saturated heterocycles. The summed E-state index contributed by atoms with van der Waals surface area (Å²) in [4.78, 5) is 4.74. The summed E-state index contributed by atoms with van der Waals surface area (Å²) >= 11 is 1.73. The molecule has 0 amide bonds. The van der Waals surface area contributed by atoms with Gasteiger partial charge in [-0.1, -0.05) is 19.9 Å². The second-order valence-electron chi connectivity index (χ2n) is 5.41. The molecular weight excluding hydrogens is 252 g/mol. The Labute approximate surface area is 119 Å². The van der Waals surface area contributed by atoms with Crippen LogP contribution in [0.5, 0.6) is 0 Å². The SMILES string of the molecule is Cc1cc(C)c(-c2csc(CNC(C)C)n2)cc1C. The smallest absolute Gasteiger partial charge is 0.107 e. The van der Waals surface area contributed by atoms with Crippen molar-refractivity contribution in [1.82, 2.24) is 10.3 Å². The van der Waals surface area contributed by atoms with Gasteiger partial charge in [0.15, 0.2) is 0 Å². The van der Waals surface area contributed by atoms with Gasteiger partial charge in [0.2, 0.25) is 0 Å². The van der Waals surface area contributed by atoms with E-state index in [0.29, 0.717) is 6.04 Å². The molecule has 1 N–H and O–H groups in total. The van der Waals surface area contributed by atoms with Gasteiger partial charge in [-0.3, -0.25) is 0 Å². The molecular formula is C16H22N2S. The number of nitrogens with zero attached hydrogens (tertiary/aromatic N) is 1. The van der Waals surface area contributed by atoms with Gasteiger partial charge in [0.1, 0.15) is 5.01 Å². The van der Waals surface area contributed by atoms with Gasteiger partial charge in [0.25, 0.3) is 0 Å². The maximum absolute atomic E-state index is 4.74. The van der Waals surface area contributed by atoms with Gasteiger partial charge >= 0.3 is 0 Å². The number of rotatable bonds is 4. The highest BCUT2D eigenvalue weighted by molar-refractivity contribution is 7.09. The maximum atomic E-state index is 4.74. The number of hydrogen-bond donors (Lipinski definition) is 1. The van der Waals surface area contributed by atoms with Crippen LogP contribution in [-0.2, 0) is 6.54 Å². The van der Waals surface area contributed by atoms with Crippen molar-refractivity contribution >= 4 is 11.3 Å². The van der Waals surface area contributed by atoms with Crippen molar-refractivity contribution in [1.29, 1.82) is 0 Å². The fourth-order valence-electron chi connectivity index (χ4n) is 2.04. The van der Waals surface area contributed by atoms with Crippen LogP contribution in [0, 0.1) is 20.8 Å². The van der Waals surface area contributed by atoms with Gasteiger partial charge < -0.3 is 5.32 Å². The normalized spacial score (nSPS) is 11.3. The molecule has 1 heterocycles. The number of nitrogens with one attached hydrogen (secondary N) is 1. The summed E-state index contributed by atoms with van der Waals surface area (Å²) in [7, 11) is 0. The average Bonchev–Trinajstić information content (AvgIpc) is 2.80. The summed E-state index contributed by atoms with van der Waals surface area (Å²) < 4.78 is 0. The number of benzene rings is 1. The molecule has 0 saturated carbocycles. The standard InChI is InChI=1S/C16H22N2S/c1-10(2)17-8-16-18-15(9-19-16)14-7-12(4)11(3)6-13(14)5/h6-7,9-10,17H,8H2,1-5H3. The molecule has 2 rings (SSSR count). The van der Waals surface area contributed by atoms with Crippen LogP contribution in [0.4, 0.5) is 0 Å². The number of aromatic nitrogens is 1. The largest absolute Gasteiger partial charge is 0.308 e. The molecule has 2 nitrogen and oxygen atoms in total. The lowest BCUT2D eigenvalue weighted by Crippen LogP contribution is -2.21. The minimum atomic E-state index is 0.496. The van der Waals surface area contributed by atoms with E-state index >= 15 is 0 Å². The van der Waals surface area contributed by atoms with Crippen LogP contribution in [0.3, 0.4) is 0 Å². The van der Waals surface area contributed by atoms with Crippen LogP contribution in [0.2, 0.25) is 0 Å². The molecule has 0 aliphatic carbocycles. The summed E-state index contributed by atoms with van der Waals surface area (Å²) in [6.07, 6.45) is 0. The molecule has 0 bridgehead atoms. The number of thiazole rings is 1. The van der Waals surface area contributed by atoms with Crippen LogP contribution < -0.4 is 5.32 Å². The first kappa shape index (κ1) is 14.2. The maximum Gasteiger partial charge on any atom is 0.107 e. The average molecular weight is 274 g/mol. The summed E-state index contributed by atoms with van der Waals surface area (Å²) in [6, 6.07) is 4.99. The van der Waals surface area contributed by atoms with Crippen molar-refractivity contribution in [3.05, 3.63) is 39.2 Å². The van der Waals surface area contributed by atoms with Crippen LogP contribution in [-0.4, -0.2) is 11.0 Å². The topological polar surface area (TPSA) is 24.9 Å². The van der Waals surface area contributed by atoms with Gasteiger partial charge in [0.05, 0.1) is 5.69 Å². The second-order valence-corrected chi connectivity index (χ2v) is 6.36. The van der Waals surface area contributed by atoms with Crippen molar-refractivity contribution in [2.45, 2.75) is 47.2 Å². The highest BCUT2D eigenvalue weighted by atomic mass is 32.1. The van der Waals surface area contributed by atoms with Gasteiger partial charge in [-0.05, 0) is 43.5 Å². The van der Waals surface area contributed by atoms with Crippen molar-refractivity contribution in [3.8, 4) is 11.3 Å². The molecule has 0 spiro atoms. The summed E-state index contributed by atoms with van der Waals surface area (Å²) in [5.74, 6) is 0. The molecule has 0 radical (unpaired) electrons. The lowest BCUT2D eigenvalue weighted by molar-refractivity contribution is 0.587. The first-order valence-corrected chi connectivity index (χ1v) is 7.61. The van der Waals surface area contributed by atoms with E-state index in [9.17, 15) is 0 Å². The van der Waals surface area contributed by atoms with Crippen LogP contribution >= 0.6 is 11.3 Å². The van der Waals surface area contributed by atoms with E-state index in [2.05, 4.69) is 57.4 Å². The van der Waals surface area contributed by atoms with Crippen LogP contribution in [0.15, 0.2) is 17.5 Å². The van der Waals surface area contributed by atoms with Crippen LogP contribution in [0.25, 0.3) is 11.3 Å². The van der Waals surface area contributed by atoms with Crippen molar-refractivity contribution < 1.29 is 0 Å². The fraction of sp³-hybridized carbons (Fsp3) is 0.438. The fourth-order valence-corrected chi connectivity index (χ4v) is 2.79. The lowest BCUT2D eigenvalue weighted by Gasteiger charge is -2.08. The highest BCUT2D eigenvalue weighted by Gasteiger charge is 2.09. The molecule has 19 heavy (non-hydrogen) atoms. The molecule has 0 aliphatic heterocycles. The Morgan fingerprint density at radius 2 is 1.79 bits per heavy atom. The third-order valence-corrected chi connectivity index (χ3v) is 4.18.